The Hall–Kier alpha value is -0.920. The van der Waals surface area contributed by atoms with E-state index in [4.69, 9.17) is 0 Å². The van der Waals surface area contributed by atoms with Gasteiger partial charge in [-0.15, -0.1) is 0 Å². The van der Waals surface area contributed by atoms with Crippen molar-refractivity contribution >= 4 is 10.0 Å². The SMILES string of the molecule is CCNCc1cn[nH]c1S(=O)(=O)NCC(C)C(C)(C)C. The van der Waals surface area contributed by atoms with Gasteiger partial charge in [0.15, 0.2) is 5.03 Å². The van der Waals surface area contributed by atoms with E-state index >= 15 is 0 Å². The first-order chi connectivity index (χ1) is 9.18. The topological polar surface area (TPSA) is 86.9 Å². The van der Waals surface area contributed by atoms with Crippen LogP contribution in [0.5, 0.6) is 0 Å². The average Bonchev–Trinajstić information content (AvgIpc) is 2.81. The highest BCUT2D eigenvalue weighted by molar-refractivity contribution is 7.89. The first-order valence-corrected chi connectivity index (χ1v) is 8.39. The van der Waals surface area contributed by atoms with Crippen LogP contribution in [0.3, 0.4) is 0 Å². The molecule has 1 aromatic heterocycles. The minimum atomic E-state index is -3.54. The third-order valence-corrected chi connectivity index (χ3v) is 5.01. The Labute approximate surface area is 121 Å². The molecule has 1 unspecified atom stereocenters. The van der Waals surface area contributed by atoms with E-state index in [0.29, 0.717) is 18.7 Å². The molecule has 3 N–H and O–H groups in total. The first-order valence-electron chi connectivity index (χ1n) is 6.91. The molecule has 1 heterocycles. The Morgan fingerprint density at radius 3 is 2.60 bits per heavy atom. The Bertz CT molecular complexity index is 517. The van der Waals surface area contributed by atoms with Crippen molar-refractivity contribution in [1.82, 2.24) is 20.2 Å². The summed E-state index contributed by atoms with van der Waals surface area (Å²) in [4.78, 5) is 0. The molecule has 0 aromatic carbocycles. The van der Waals surface area contributed by atoms with Gasteiger partial charge in [0.2, 0.25) is 0 Å². The third-order valence-electron chi connectivity index (χ3n) is 3.57. The molecule has 0 spiro atoms. The standard InChI is InChI=1S/C13H26N4O2S/c1-6-14-8-11-9-15-17-12(11)20(18,19)16-7-10(2)13(3,4)5/h9-10,14,16H,6-8H2,1-5H3,(H,15,17). The molecule has 0 amide bonds. The Kier molecular flexibility index (Phi) is 5.73. The van der Waals surface area contributed by atoms with Crippen LogP contribution in [-0.2, 0) is 16.6 Å². The number of sulfonamides is 1. The van der Waals surface area contributed by atoms with Gasteiger partial charge in [-0.05, 0) is 17.9 Å². The minimum absolute atomic E-state index is 0.0586. The van der Waals surface area contributed by atoms with Gasteiger partial charge in [0.05, 0.1) is 6.20 Å². The first kappa shape index (κ1) is 17.1. The number of nitrogens with zero attached hydrogens (tertiary/aromatic N) is 1. The molecule has 0 aliphatic carbocycles. The molecule has 1 atom stereocenters. The molecule has 0 aliphatic rings. The van der Waals surface area contributed by atoms with Crippen LogP contribution in [0, 0.1) is 11.3 Å². The number of aromatic amines is 1. The second-order valence-electron chi connectivity index (χ2n) is 6.12. The summed E-state index contributed by atoms with van der Waals surface area (Å²) in [7, 11) is -3.54. The van der Waals surface area contributed by atoms with Gasteiger partial charge in [0.25, 0.3) is 10.0 Å². The minimum Gasteiger partial charge on any atom is -0.313 e. The fourth-order valence-electron chi connectivity index (χ4n) is 1.53. The van der Waals surface area contributed by atoms with Crippen molar-refractivity contribution in [2.75, 3.05) is 13.1 Å². The van der Waals surface area contributed by atoms with Gasteiger partial charge >= 0.3 is 0 Å². The number of nitrogens with one attached hydrogen (secondary N) is 3. The predicted octanol–water partition coefficient (Wildman–Crippen LogP) is 1.48. The van der Waals surface area contributed by atoms with Crippen molar-refractivity contribution < 1.29 is 8.42 Å². The molecule has 1 rings (SSSR count). The van der Waals surface area contributed by atoms with E-state index in [9.17, 15) is 8.42 Å². The number of hydrogen-bond donors (Lipinski definition) is 3. The number of H-pyrrole nitrogens is 1. The van der Waals surface area contributed by atoms with Gasteiger partial charge in [-0.2, -0.15) is 5.10 Å². The van der Waals surface area contributed by atoms with Gasteiger partial charge < -0.3 is 5.32 Å². The van der Waals surface area contributed by atoms with Crippen molar-refractivity contribution in [3.8, 4) is 0 Å². The van der Waals surface area contributed by atoms with E-state index in [1.165, 1.54) is 0 Å². The van der Waals surface area contributed by atoms with Crippen LogP contribution >= 0.6 is 0 Å². The van der Waals surface area contributed by atoms with Gasteiger partial charge in [0, 0.05) is 18.7 Å². The third kappa shape index (κ3) is 4.57. The summed E-state index contributed by atoms with van der Waals surface area (Å²) in [5, 5.41) is 9.66. The van der Waals surface area contributed by atoms with Crippen molar-refractivity contribution in [2.24, 2.45) is 11.3 Å². The maximum atomic E-state index is 12.3. The van der Waals surface area contributed by atoms with Gasteiger partial charge in [0.1, 0.15) is 0 Å². The van der Waals surface area contributed by atoms with E-state index in [0.717, 1.165) is 6.54 Å². The lowest BCUT2D eigenvalue weighted by molar-refractivity contribution is 0.263. The molecule has 116 valence electrons. The maximum absolute atomic E-state index is 12.3. The molecule has 20 heavy (non-hydrogen) atoms. The molecule has 0 fully saturated rings. The van der Waals surface area contributed by atoms with E-state index in [1.54, 1.807) is 6.20 Å². The Balaban J connectivity index is 2.77. The molecule has 0 bridgehead atoms. The molecule has 1 aromatic rings. The fraction of sp³-hybridized carbons (Fsp3) is 0.769. The summed E-state index contributed by atoms with van der Waals surface area (Å²) in [6.45, 7) is 12.0. The van der Waals surface area contributed by atoms with Crippen LogP contribution in [0.15, 0.2) is 11.2 Å². The largest absolute Gasteiger partial charge is 0.313 e. The molecule has 0 saturated heterocycles. The number of rotatable bonds is 7. The number of hydrogen-bond acceptors (Lipinski definition) is 4. The summed E-state index contributed by atoms with van der Waals surface area (Å²) < 4.78 is 27.3. The Morgan fingerprint density at radius 1 is 1.40 bits per heavy atom. The van der Waals surface area contributed by atoms with Crippen LogP contribution in [0.1, 0.15) is 40.2 Å². The Morgan fingerprint density at radius 2 is 2.05 bits per heavy atom. The zero-order valence-corrected chi connectivity index (χ0v) is 13.8. The predicted molar refractivity (Wildman–Crippen MR) is 79.8 cm³/mol. The highest BCUT2D eigenvalue weighted by Crippen LogP contribution is 2.25. The molecule has 0 radical (unpaired) electrons. The summed E-state index contributed by atoms with van der Waals surface area (Å²) in [5.41, 5.74) is 0.714. The molecule has 6 nitrogen and oxygen atoms in total. The van der Waals surface area contributed by atoms with E-state index < -0.39 is 10.0 Å². The average molecular weight is 302 g/mol. The highest BCUT2D eigenvalue weighted by Gasteiger charge is 2.25. The van der Waals surface area contributed by atoms with Crippen molar-refractivity contribution in [3.05, 3.63) is 11.8 Å². The zero-order valence-electron chi connectivity index (χ0n) is 12.9. The highest BCUT2D eigenvalue weighted by atomic mass is 32.2. The molecule has 0 saturated carbocycles. The molecule has 0 aliphatic heterocycles. The van der Waals surface area contributed by atoms with Crippen molar-refractivity contribution in [2.45, 2.75) is 46.2 Å². The van der Waals surface area contributed by atoms with Crippen LogP contribution in [-0.4, -0.2) is 31.7 Å². The monoisotopic (exact) mass is 302 g/mol. The van der Waals surface area contributed by atoms with Gasteiger partial charge in [-0.25, -0.2) is 13.1 Å². The van der Waals surface area contributed by atoms with Crippen molar-refractivity contribution in [3.63, 3.8) is 0 Å². The van der Waals surface area contributed by atoms with Crippen molar-refractivity contribution in [1.29, 1.82) is 0 Å². The second-order valence-corrected chi connectivity index (χ2v) is 7.83. The summed E-state index contributed by atoms with van der Waals surface area (Å²) >= 11 is 0. The normalized spacial score (nSPS) is 14.4. The number of aromatic nitrogens is 2. The van der Waals surface area contributed by atoms with E-state index in [-0.39, 0.29) is 16.4 Å². The zero-order chi connectivity index (χ0) is 15.4. The second kappa shape index (κ2) is 6.69. The molecule has 7 heteroatoms. The van der Waals surface area contributed by atoms with Gasteiger partial charge in [-0.3, -0.25) is 5.10 Å². The maximum Gasteiger partial charge on any atom is 0.257 e. The fourth-order valence-corrected chi connectivity index (χ4v) is 2.79. The summed E-state index contributed by atoms with van der Waals surface area (Å²) in [6, 6.07) is 0. The van der Waals surface area contributed by atoms with Crippen LogP contribution in [0.4, 0.5) is 0 Å². The van der Waals surface area contributed by atoms with Crippen LogP contribution in [0.2, 0.25) is 0 Å². The smallest absolute Gasteiger partial charge is 0.257 e. The summed E-state index contributed by atoms with van der Waals surface area (Å²) in [5.74, 6) is 0.234. The summed E-state index contributed by atoms with van der Waals surface area (Å²) in [6.07, 6.45) is 1.55. The quantitative estimate of drug-likeness (QED) is 0.712. The van der Waals surface area contributed by atoms with Gasteiger partial charge in [-0.1, -0.05) is 34.6 Å². The lowest BCUT2D eigenvalue weighted by Crippen LogP contribution is -2.34. The van der Waals surface area contributed by atoms with E-state index in [1.807, 2.05) is 13.8 Å². The lowest BCUT2D eigenvalue weighted by Gasteiger charge is -2.27. The van der Waals surface area contributed by atoms with E-state index in [2.05, 4.69) is 41.0 Å². The van der Waals surface area contributed by atoms with Crippen LogP contribution < -0.4 is 10.0 Å². The molecular weight excluding hydrogens is 276 g/mol. The molecular formula is C13H26N4O2S. The van der Waals surface area contributed by atoms with Crippen LogP contribution in [0.25, 0.3) is 0 Å². The lowest BCUT2D eigenvalue weighted by atomic mass is 9.82.